The van der Waals surface area contributed by atoms with E-state index in [1.807, 2.05) is 6.07 Å². The van der Waals surface area contributed by atoms with Gasteiger partial charge in [0.1, 0.15) is 12.3 Å². The first-order valence-corrected chi connectivity index (χ1v) is 9.76. The molecule has 138 valence electrons. The molecule has 0 bridgehead atoms. The monoisotopic (exact) mass is 350 g/mol. The lowest BCUT2D eigenvalue weighted by atomic mass is 9.95. The summed E-state index contributed by atoms with van der Waals surface area (Å²) in [4.78, 5) is 7.85. The molecule has 0 radical (unpaired) electrons. The van der Waals surface area contributed by atoms with Gasteiger partial charge in [0.2, 0.25) is 0 Å². The Bertz CT molecular complexity index is 722. The molecule has 0 amide bonds. The summed E-state index contributed by atoms with van der Waals surface area (Å²) in [7, 11) is 4.16. The molecule has 3 nitrogen and oxygen atoms in total. The maximum absolute atomic E-state index is 5.69. The van der Waals surface area contributed by atoms with Crippen LogP contribution >= 0.6 is 0 Å². The average molecular weight is 351 g/mol. The van der Waals surface area contributed by atoms with Crippen LogP contribution in [-0.4, -0.2) is 37.9 Å². The minimum atomic E-state index is 0.638. The van der Waals surface area contributed by atoms with Crippen LogP contribution in [0.5, 0.6) is 0 Å². The predicted octanol–water partition coefficient (Wildman–Crippen LogP) is 4.68. The van der Waals surface area contributed by atoms with Crippen LogP contribution in [0.2, 0.25) is 0 Å². The Morgan fingerprint density at radius 1 is 0.923 bits per heavy atom. The second kappa shape index (κ2) is 9.54. The maximum Gasteiger partial charge on any atom is 0.118 e. The molecule has 0 atom stereocenters. The summed E-state index contributed by atoms with van der Waals surface area (Å²) in [5.41, 5.74) is 6.18. The van der Waals surface area contributed by atoms with Gasteiger partial charge in [0.25, 0.3) is 0 Å². The Morgan fingerprint density at radius 3 is 2.46 bits per heavy atom. The van der Waals surface area contributed by atoms with Crippen LogP contribution in [0.3, 0.4) is 0 Å². The number of hydrogen-bond donors (Lipinski definition) is 0. The number of nitrogens with zero attached hydrogens (tertiary/aromatic N) is 2. The highest BCUT2D eigenvalue weighted by Gasteiger charge is 2.13. The smallest absolute Gasteiger partial charge is 0.118 e. The largest absolute Gasteiger partial charge is 0.395 e. The van der Waals surface area contributed by atoms with E-state index in [9.17, 15) is 0 Å². The molecule has 0 aliphatic heterocycles. The van der Waals surface area contributed by atoms with Gasteiger partial charge in [-0.1, -0.05) is 54.0 Å². The van der Waals surface area contributed by atoms with Gasteiger partial charge in [0.15, 0.2) is 0 Å². The molecule has 0 N–H and O–H groups in total. The van der Waals surface area contributed by atoms with Crippen LogP contribution in [0.15, 0.2) is 53.7 Å². The van der Waals surface area contributed by atoms with E-state index >= 15 is 0 Å². The molecule has 2 aromatic rings. The Balaban J connectivity index is 1.82. The molecule has 0 saturated heterocycles. The number of fused-ring (bicyclic) bond motifs is 1. The summed E-state index contributed by atoms with van der Waals surface area (Å²) in [5, 5.41) is 4.53. The summed E-state index contributed by atoms with van der Waals surface area (Å²) < 4.78 is 0. The first-order chi connectivity index (χ1) is 12.7. The molecule has 1 aliphatic rings. The summed E-state index contributed by atoms with van der Waals surface area (Å²) in [6.45, 7) is 1.65. The number of oxime groups is 1. The van der Waals surface area contributed by atoms with Crippen molar-refractivity contribution in [2.45, 2.75) is 38.5 Å². The van der Waals surface area contributed by atoms with Crippen LogP contribution in [0.4, 0.5) is 0 Å². The molecule has 0 saturated carbocycles. The van der Waals surface area contributed by atoms with Crippen molar-refractivity contribution in [2.75, 3.05) is 27.2 Å². The third-order valence-corrected chi connectivity index (χ3v) is 4.92. The van der Waals surface area contributed by atoms with Gasteiger partial charge in [-0.05, 0) is 63.4 Å². The number of hydrogen-bond acceptors (Lipinski definition) is 3. The van der Waals surface area contributed by atoms with E-state index in [2.05, 4.69) is 66.6 Å². The molecular weight excluding hydrogens is 320 g/mol. The highest BCUT2D eigenvalue weighted by Crippen LogP contribution is 2.23. The van der Waals surface area contributed by atoms with Gasteiger partial charge < -0.3 is 9.74 Å². The van der Waals surface area contributed by atoms with Crippen molar-refractivity contribution >= 4 is 5.71 Å². The standard InChI is InChI=1S/C23H30N2O/c1-25(2)16-9-17-26-24-23(20-11-6-4-7-12-20)22-15-14-19-10-5-3-8-13-21(19)18-22/h4,6-7,11-12,14-15,18H,3,5,8-10,13,16-17H2,1-2H3/b24-23+. The Morgan fingerprint density at radius 2 is 1.69 bits per heavy atom. The molecule has 1 aliphatic carbocycles. The topological polar surface area (TPSA) is 24.8 Å². The number of rotatable bonds is 7. The van der Waals surface area contributed by atoms with Gasteiger partial charge in [-0.3, -0.25) is 0 Å². The van der Waals surface area contributed by atoms with Crippen molar-refractivity contribution in [1.82, 2.24) is 4.90 Å². The molecule has 3 heteroatoms. The summed E-state index contributed by atoms with van der Waals surface area (Å²) in [6.07, 6.45) is 7.28. The lowest BCUT2D eigenvalue weighted by Gasteiger charge is -2.12. The van der Waals surface area contributed by atoms with Crippen molar-refractivity contribution in [3.8, 4) is 0 Å². The van der Waals surface area contributed by atoms with E-state index in [0.29, 0.717) is 6.61 Å². The van der Waals surface area contributed by atoms with E-state index in [0.717, 1.165) is 29.8 Å². The number of benzene rings is 2. The Hall–Kier alpha value is -2.13. The predicted molar refractivity (Wildman–Crippen MR) is 109 cm³/mol. The molecule has 0 fully saturated rings. The highest BCUT2D eigenvalue weighted by atomic mass is 16.6. The fraction of sp³-hybridized carbons (Fsp3) is 0.435. The van der Waals surface area contributed by atoms with E-state index < -0.39 is 0 Å². The highest BCUT2D eigenvalue weighted by molar-refractivity contribution is 6.12. The first-order valence-electron chi connectivity index (χ1n) is 9.76. The lowest BCUT2D eigenvalue weighted by Crippen LogP contribution is -2.14. The van der Waals surface area contributed by atoms with E-state index in [-0.39, 0.29) is 0 Å². The zero-order valence-corrected chi connectivity index (χ0v) is 16.1. The van der Waals surface area contributed by atoms with Crippen LogP contribution < -0.4 is 0 Å². The van der Waals surface area contributed by atoms with Gasteiger partial charge in [-0.2, -0.15) is 0 Å². The van der Waals surface area contributed by atoms with Crippen LogP contribution in [-0.2, 0) is 17.7 Å². The van der Waals surface area contributed by atoms with Gasteiger partial charge >= 0.3 is 0 Å². The Labute approximate surface area is 157 Å². The number of aryl methyl sites for hydroxylation is 2. The summed E-state index contributed by atoms with van der Waals surface area (Å²) in [5.74, 6) is 0. The fourth-order valence-corrected chi connectivity index (χ4v) is 3.48. The first kappa shape index (κ1) is 18.7. The van der Waals surface area contributed by atoms with E-state index in [4.69, 9.17) is 4.84 Å². The molecule has 0 unspecified atom stereocenters. The van der Waals surface area contributed by atoms with Gasteiger partial charge in [-0.15, -0.1) is 0 Å². The van der Waals surface area contributed by atoms with Crippen molar-refractivity contribution < 1.29 is 4.84 Å². The summed E-state index contributed by atoms with van der Waals surface area (Å²) >= 11 is 0. The minimum Gasteiger partial charge on any atom is -0.395 e. The normalized spacial score (nSPS) is 14.8. The quantitative estimate of drug-likeness (QED) is 0.314. The second-order valence-electron chi connectivity index (χ2n) is 7.34. The molecule has 0 aromatic heterocycles. The van der Waals surface area contributed by atoms with E-state index in [1.165, 1.54) is 43.2 Å². The molecule has 3 rings (SSSR count). The van der Waals surface area contributed by atoms with Crippen LogP contribution in [0.1, 0.15) is 47.9 Å². The molecule has 0 spiro atoms. The van der Waals surface area contributed by atoms with Gasteiger partial charge in [0.05, 0.1) is 0 Å². The van der Waals surface area contributed by atoms with Crippen molar-refractivity contribution in [3.63, 3.8) is 0 Å². The molecule has 2 aromatic carbocycles. The third-order valence-electron chi connectivity index (χ3n) is 4.92. The molecule has 0 heterocycles. The third kappa shape index (κ3) is 5.18. The SMILES string of the molecule is CN(C)CCCO/N=C(\c1ccccc1)c1ccc2c(c1)CCCCC2. The van der Waals surface area contributed by atoms with Gasteiger partial charge in [0, 0.05) is 17.7 Å². The average Bonchev–Trinajstić information content (AvgIpc) is 2.90. The molecular formula is C23H30N2O. The van der Waals surface area contributed by atoms with E-state index in [1.54, 1.807) is 0 Å². The van der Waals surface area contributed by atoms with Crippen molar-refractivity contribution in [2.24, 2.45) is 5.16 Å². The fourth-order valence-electron chi connectivity index (χ4n) is 3.48. The minimum absolute atomic E-state index is 0.638. The zero-order valence-electron chi connectivity index (χ0n) is 16.1. The maximum atomic E-state index is 5.69. The van der Waals surface area contributed by atoms with Crippen LogP contribution in [0, 0.1) is 0 Å². The van der Waals surface area contributed by atoms with Gasteiger partial charge in [-0.25, -0.2) is 0 Å². The van der Waals surface area contributed by atoms with Crippen molar-refractivity contribution in [3.05, 3.63) is 70.8 Å². The summed E-state index contributed by atoms with van der Waals surface area (Å²) in [6, 6.07) is 17.2. The van der Waals surface area contributed by atoms with Crippen molar-refractivity contribution in [1.29, 1.82) is 0 Å². The van der Waals surface area contributed by atoms with Crippen LogP contribution in [0.25, 0.3) is 0 Å². The zero-order chi connectivity index (χ0) is 18.2. The lowest BCUT2D eigenvalue weighted by molar-refractivity contribution is 0.135. The molecule has 26 heavy (non-hydrogen) atoms. The Kier molecular flexibility index (Phi) is 6.84. The second-order valence-corrected chi connectivity index (χ2v) is 7.34.